The van der Waals surface area contributed by atoms with Crippen LogP contribution in [0.15, 0.2) is 28.7 Å². The third-order valence-corrected chi connectivity index (χ3v) is 3.13. The van der Waals surface area contributed by atoms with Gasteiger partial charge in [-0.05, 0) is 36.2 Å². The second kappa shape index (κ2) is 4.80. The van der Waals surface area contributed by atoms with Gasteiger partial charge in [0.2, 0.25) is 6.79 Å². The Morgan fingerprint density at radius 2 is 2.00 bits per heavy atom. The molecule has 4 heteroatoms. The Morgan fingerprint density at radius 3 is 2.68 bits per heavy atom. The first-order chi connectivity index (χ1) is 9.31. The molecule has 1 aliphatic rings. The first kappa shape index (κ1) is 11.8. The van der Waals surface area contributed by atoms with Gasteiger partial charge >= 0.3 is 0 Å². The van der Waals surface area contributed by atoms with Crippen molar-refractivity contribution in [1.29, 1.82) is 0 Å². The summed E-state index contributed by atoms with van der Waals surface area (Å²) in [5.74, 6) is 2.51. The molecule has 0 saturated heterocycles. The maximum Gasteiger partial charge on any atom is 0.231 e. The maximum absolute atomic E-state index is 10.7. The highest BCUT2D eigenvalue weighted by Crippen LogP contribution is 2.39. The van der Waals surface area contributed by atoms with Crippen molar-refractivity contribution >= 4 is 6.29 Å². The summed E-state index contributed by atoms with van der Waals surface area (Å²) in [6.07, 6.45) is 2.65. The van der Waals surface area contributed by atoms with Gasteiger partial charge in [0.15, 0.2) is 23.5 Å². The molecule has 1 aliphatic heterocycles. The van der Waals surface area contributed by atoms with Crippen LogP contribution in [0.5, 0.6) is 11.5 Å². The van der Waals surface area contributed by atoms with Gasteiger partial charge < -0.3 is 13.9 Å². The number of hydrogen-bond acceptors (Lipinski definition) is 4. The van der Waals surface area contributed by atoms with E-state index >= 15 is 0 Å². The van der Waals surface area contributed by atoms with Crippen LogP contribution in [0.25, 0.3) is 11.3 Å². The van der Waals surface area contributed by atoms with Gasteiger partial charge in [-0.15, -0.1) is 0 Å². The van der Waals surface area contributed by atoms with Gasteiger partial charge in [-0.1, -0.05) is 13.3 Å². The van der Waals surface area contributed by atoms with Crippen molar-refractivity contribution in [3.8, 4) is 22.8 Å². The van der Waals surface area contributed by atoms with Crippen LogP contribution in [0, 0.1) is 0 Å². The molecule has 0 fully saturated rings. The Kier molecular flexibility index (Phi) is 2.99. The summed E-state index contributed by atoms with van der Waals surface area (Å²) in [6, 6.07) is 7.38. The van der Waals surface area contributed by atoms with Gasteiger partial charge in [0.25, 0.3) is 0 Å². The van der Waals surface area contributed by atoms with Crippen LogP contribution in [0.3, 0.4) is 0 Å². The zero-order valence-corrected chi connectivity index (χ0v) is 10.6. The predicted octanol–water partition coefficient (Wildman–Crippen LogP) is 3.44. The van der Waals surface area contributed by atoms with Crippen LogP contribution >= 0.6 is 0 Å². The van der Waals surface area contributed by atoms with Crippen molar-refractivity contribution < 1.29 is 18.7 Å². The average Bonchev–Trinajstić information content (AvgIpc) is 3.06. The van der Waals surface area contributed by atoms with Crippen LogP contribution in [-0.4, -0.2) is 13.1 Å². The molecule has 0 bridgehead atoms. The van der Waals surface area contributed by atoms with Crippen LogP contribution in [0.4, 0.5) is 0 Å². The standard InChI is InChI=1S/C15H14O4/c1-2-3-10-6-14-15(18-9-17-14)7-12(10)13-5-4-11(8-16)19-13/h4-8H,2-3,9H2,1H3. The minimum absolute atomic E-state index is 0.252. The van der Waals surface area contributed by atoms with Crippen LogP contribution in [0.2, 0.25) is 0 Å². The lowest BCUT2D eigenvalue weighted by atomic mass is 10.0. The normalized spacial score (nSPS) is 12.7. The molecule has 0 N–H and O–H groups in total. The van der Waals surface area contributed by atoms with Gasteiger partial charge in [0, 0.05) is 5.56 Å². The first-order valence-electron chi connectivity index (χ1n) is 6.29. The number of fused-ring (bicyclic) bond motifs is 1. The molecular weight excluding hydrogens is 244 g/mol. The molecule has 2 aromatic rings. The molecule has 19 heavy (non-hydrogen) atoms. The van der Waals surface area contributed by atoms with Crippen molar-refractivity contribution in [3.05, 3.63) is 35.6 Å². The minimum Gasteiger partial charge on any atom is -0.454 e. The van der Waals surface area contributed by atoms with Crippen LogP contribution in [0.1, 0.15) is 29.5 Å². The molecule has 1 aromatic carbocycles. The Hall–Kier alpha value is -2.23. The molecule has 98 valence electrons. The van der Waals surface area contributed by atoms with E-state index in [0.717, 1.165) is 35.5 Å². The molecule has 2 heterocycles. The van der Waals surface area contributed by atoms with E-state index < -0.39 is 0 Å². The number of carbonyl (C=O) groups is 1. The molecular formula is C15H14O4. The molecule has 3 rings (SSSR count). The fourth-order valence-corrected chi connectivity index (χ4v) is 2.25. The summed E-state index contributed by atoms with van der Waals surface area (Å²) in [4.78, 5) is 10.7. The lowest BCUT2D eigenvalue weighted by molar-refractivity contribution is 0.110. The fourth-order valence-electron chi connectivity index (χ4n) is 2.25. The highest BCUT2D eigenvalue weighted by atomic mass is 16.7. The van der Waals surface area contributed by atoms with E-state index in [2.05, 4.69) is 6.92 Å². The topological polar surface area (TPSA) is 48.7 Å². The molecule has 0 radical (unpaired) electrons. The van der Waals surface area contributed by atoms with Crippen molar-refractivity contribution in [1.82, 2.24) is 0 Å². The molecule has 0 unspecified atom stereocenters. The second-order valence-corrected chi connectivity index (χ2v) is 4.43. The smallest absolute Gasteiger partial charge is 0.231 e. The third-order valence-electron chi connectivity index (χ3n) is 3.13. The summed E-state index contributed by atoms with van der Waals surface area (Å²) < 4.78 is 16.3. The van der Waals surface area contributed by atoms with Gasteiger partial charge in [-0.2, -0.15) is 0 Å². The van der Waals surface area contributed by atoms with Crippen molar-refractivity contribution in [2.45, 2.75) is 19.8 Å². The number of aldehydes is 1. The monoisotopic (exact) mass is 258 g/mol. The number of hydrogen-bond donors (Lipinski definition) is 0. The Morgan fingerprint density at radius 1 is 1.21 bits per heavy atom. The van der Waals surface area contributed by atoms with Crippen molar-refractivity contribution in [2.24, 2.45) is 0 Å². The number of aryl methyl sites for hydroxylation is 1. The molecule has 0 amide bonds. The number of carbonyl (C=O) groups excluding carboxylic acids is 1. The zero-order valence-electron chi connectivity index (χ0n) is 10.6. The summed E-state index contributed by atoms with van der Waals surface area (Å²) in [7, 11) is 0. The van der Waals surface area contributed by atoms with Crippen molar-refractivity contribution in [3.63, 3.8) is 0 Å². The van der Waals surface area contributed by atoms with E-state index in [9.17, 15) is 4.79 Å². The quantitative estimate of drug-likeness (QED) is 0.788. The van der Waals surface area contributed by atoms with E-state index in [-0.39, 0.29) is 6.79 Å². The third kappa shape index (κ3) is 2.10. The Balaban J connectivity index is 2.09. The molecule has 0 spiro atoms. The number of furan rings is 1. The summed E-state index contributed by atoms with van der Waals surface area (Å²) in [6.45, 7) is 2.37. The van der Waals surface area contributed by atoms with E-state index in [1.165, 1.54) is 0 Å². The molecule has 0 atom stereocenters. The molecule has 1 aromatic heterocycles. The maximum atomic E-state index is 10.7. The first-order valence-corrected chi connectivity index (χ1v) is 6.29. The average molecular weight is 258 g/mol. The molecule has 0 saturated carbocycles. The van der Waals surface area contributed by atoms with Crippen molar-refractivity contribution in [2.75, 3.05) is 6.79 Å². The Bertz CT molecular complexity index is 613. The Labute approximate surface area is 110 Å². The highest BCUT2D eigenvalue weighted by Gasteiger charge is 2.19. The largest absolute Gasteiger partial charge is 0.454 e. The van der Waals surface area contributed by atoms with Gasteiger partial charge in [-0.3, -0.25) is 4.79 Å². The van der Waals surface area contributed by atoms with E-state index in [4.69, 9.17) is 13.9 Å². The van der Waals surface area contributed by atoms with Gasteiger partial charge in [0.05, 0.1) is 0 Å². The summed E-state index contributed by atoms with van der Waals surface area (Å²) in [5, 5.41) is 0. The number of benzene rings is 1. The van der Waals surface area contributed by atoms with E-state index in [0.29, 0.717) is 17.8 Å². The lowest BCUT2D eigenvalue weighted by Crippen LogP contribution is -1.92. The predicted molar refractivity (Wildman–Crippen MR) is 69.6 cm³/mol. The van der Waals surface area contributed by atoms with E-state index in [1.807, 2.05) is 12.1 Å². The highest BCUT2D eigenvalue weighted by molar-refractivity contribution is 5.74. The number of rotatable bonds is 4. The lowest BCUT2D eigenvalue weighted by Gasteiger charge is -2.08. The molecule has 0 aliphatic carbocycles. The minimum atomic E-state index is 0.252. The SMILES string of the molecule is CCCc1cc2c(cc1-c1ccc(C=O)o1)OCO2. The van der Waals surface area contributed by atoms with Crippen LogP contribution in [-0.2, 0) is 6.42 Å². The van der Waals surface area contributed by atoms with Crippen LogP contribution < -0.4 is 9.47 Å². The molecule has 4 nitrogen and oxygen atoms in total. The summed E-state index contributed by atoms with van der Waals surface area (Å²) in [5.41, 5.74) is 2.10. The second-order valence-electron chi connectivity index (χ2n) is 4.43. The van der Waals surface area contributed by atoms with Gasteiger partial charge in [-0.25, -0.2) is 0 Å². The summed E-state index contributed by atoms with van der Waals surface area (Å²) >= 11 is 0. The zero-order chi connectivity index (χ0) is 13.2. The number of ether oxygens (including phenoxy) is 2. The van der Waals surface area contributed by atoms with E-state index in [1.54, 1.807) is 12.1 Å². The van der Waals surface area contributed by atoms with Gasteiger partial charge in [0.1, 0.15) is 5.76 Å². The fraction of sp³-hybridized carbons (Fsp3) is 0.267.